The lowest BCUT2D eigenvalue weighted by atomic mass is 10.2. The first kappa shape index (κ1) is 13.7. The molecule has 0 amide bonds. The van der Waals surface area contributed by atoms with Gasteiger partial charge in [-0.25, -0.2) is 0 Å². The Morgan fingerprint density at radius 1 is 1.20 bits per heavy atom. The van der Waals surface area contributed by atoms with E-state index in [1.165, 1.54) is 12.1 Å². The average molecular weight is 272 g/mol. The molecule has 20 heavy (non-hydrogen) atoms. The van der Waals surface area contributed by atoms with Gasteiger partial charge < -0.3 is 16.0 Å². The molecular weight excluding hydrogens is 256 g/mol. The van der Waals surface area contributed by atoms with E-state index in [-0.39, 0.29) is 5.69 Å². The van der Waals surface area contributed by atoms with Crippen LogP contribution in [0.1, 0.15) is 0 Å². The number of nitrogens with one attached hydrogen (secondary N) is 1. The summed E-state index contributed by atoms with van der Waals surface area (Å²) in [5.74, 6) is 0. The van der Waals surface area contributed by atoms with Crippen LogP contribution in [0.25, 0.3) is 0 Å². The maximum Gasteiger partial charge on any atom is 0.271 e. The zero-order valence-electron chi connectivity index (χ0n) is 11.3. The van der Waals surface area contributed by atoms with Gasteiger partial charge in [-0.1, -0.05) is 6.07 Å². The quantitative estimate of drug-likeness (QED) is 0.508. The van der Waals surface area contributed by atoms with Crippen LogP contribution in [0.15, 0.2) is 42.5 Å². The van der Waals surface area contributed by atoms with Crippen molar-refractivity contribution in [2.24, 2.45) is 0 Å². The Hall–Kier alpha value is -2.76. The van der Waals surface area contributed by atoms with E-state index in [0.29, 0.717) is 11.4 Å². The summed E-state index contributed by atoms with van der Waals surface area (Å²) < 4.78 is 0. The van der Waals surface area contributed by atoms with Crippen molar-refractivity contribution in [1.82, 2.24) is 0 Å². The minimum atomic E-state index is -0.465. The fraction of sp³-hybridized carbons (Fsp3) is 0.143. The number of nitrogens with zero attached hydrogens (tertiary/aromatic N) is 2. The first-order valence-corrected chi connectivity index (χ1v) is 6.05. The van der Waals surface area contributed by atoms with Crippen molar-refractivity contribution >= 4 is 28.4 Å². The number of rotatable bonds is 4. The highest BCUT2D eigenvalue weighted by atomic mass is 16.6. The number of non-ortho nitro benzene ring substituents is 1. The maximum atomic E-state index is 10.7. The van der Waals surface area contributed by atoms with Gasteiger partial charge in [0.05, 0.1) is 16.3 Å². The van der Waals surface area contributed by atoms with Crippen molar-refractivity contribution in [3.8, 4) is 0 Å². The predicted molar refractivity (Wildman–Crippen MR) is 81.6 cm³/mol. The van der Waals surface area contributed by atoms with Crippen molar-refractivity contribution < 1.29 is 4.92 Å². The lowest BCUT2D eigenvalue weighted by molar-refractivity contribution is -0.384. The molecule has 0 atom stereocenters. The van der Waals surface area contributed by atoms with Gasteiger partial charge in [-0.2, -0.15) is 0 Å². The predicted octanol–water partition coefficient (Wildman–Crippen LogP) is 2.99. The van der Waals surface area contributed by atoms with E-state index in [1.54, 1.807) is 6.07 Å². The standard InChI is InChI=1S/C14H16N4O2/c1-17(2)11-5-3-4-10(8-11)16-14-7-6-12(18(19)20)9-13(14)15/h3-9,16H,15H2,1-2H3. The van der Waals surface area contributed by atoms with Crippen LogP contribution in [0.4, 0.5) is 28.4 Å². The van der Waals surface area contributed by atoms with Crippen LogP contribution < -0.4 is 16.0 Å². The molecule has 2 aromatic rings. The second-order valence-corrected chi connectivity index (χ2v) is 4.60. The minimum Gasteiger partial charge on any atom is -0.397 e. The molecule has 0 aliphatic carbocycles. The molecule has 6 heteroatoms. The zero-order valence-corrected chi connectivity index (χ0v) is 11.3. The molecule has 104 valence electrons. The molecule has 0 aliphatic heterocycles. The van der Waals surface area contributed by atoms with Gasteiger partial charge in [0.1, 0.15) is 0 Å². The smallest absolute Gasteiger partial charge is 0.271 e. The lowest BCUT2D eigenvalue weighted by Gasteiger charge is -2.15. The molecule has 0 saturated heterocycles. The van der Waals surface area contributed by atoms with Crippen molar-refractivity contribution in [3.05, 3.63) is 52.6 Å². The van der Waals surface area contributed by atoms with Crippen molar-refractivity contribution in [2.75, 3.05) is 30.0 Å². The lowest BCUT2D eigenvalue weighted by Crippen LogP contribution is -2.08. The van der Waals surface area contributed by atoms with E-state index in [0.717, 1.165) is 11.4 Å². The summed E-state index contributed by atoms with van der Waals surface area (Å²) in [4.78, 5) is 12.2. The summed E-state index contributed by atoms with van der Waals surface area (Å²) in [6.45, 7) is 0. The molecule has 0 unspecified atom stereocenters. The van der Waals surface area contributed by atoms with Gasteiger partial charge in [-0.15, -0.1) is 0 Å². The van der Waals surface area contributed by atoms with E-state index < -0.39 is 4.92 Å². The highest BCUT2D eigenvalue weighted by Gasteiger charge is 2.09. The molecule has 2 aromatic carbocycles. The largest absolute Gasteiger partial charge is 0.397 e. The third-order valence-corrected chi connectivity index (χ3v) is 2.89. The Kier molecular flexibility index (Phi) is 3.74. The van der Waals surface area contributed by atoms with E-state index in [2.05, 4.69) is 5.32 Å². The summed E-state index contributed by atoms with van der Waals surface area (Å²) in [5.41, 5.74) is 8.72. The molecule has 0 saturated carbocycles. The Bertz CT molecular complexity index is 641. The fourth-order valence-electron chi connectivity index (χ4n) is 1.79. The number of nitro groups is 1. The van der Waals surface area contributed by atoms with E-state index in [1.807, 2.05) is 43.3 Å². The maximum absolute atomic E-state index is 10.7. The second-order valence-electron chi connectivity index (χ2n) is 4.60. The summed E-state index contributed by atoms with van der Waals surface area (Å²) >= 11 is 0. The molecule has 0 aliphatic rings. The monoisotopic (exact) mass is 272 g/mol. The molecule has 6 nitrogen and oxygen atoms in total. The fourth-order valence-corrected chi connectivity index (χ4v) is 1.79. The van der Waals surface area contributed by atoms with Gasteiger partial charge in [-0.05, 0) is 24.3 Å². The number of benzene rings is 2. The normalized spacial score (nSPS) is 10.1. The van der Waals surface area contributed by atoms with Crippen LogP contribution in [-0.4, -0.2) is 19.0 Å². The van der Waals surface area contributed by atoms with Crippen molar-refractivity contribution in [3.63, 3.8) is 0 Å². The Balaban J connectivity index is 2.26. The second kappa shape index (κ2) is 5.48. The van der Waals surface area contributed by atoms with E-state index >= 15 is 0 Å². The van der Waals surface area contributed by atoms with E-state index in [4.69, 9.17) is 5.73 Å². The SMILES string of the molecule is CN(C)c1cccc(Nc2ccc([N+](=O)[O-])cc2N)c1. The van der Waals surface area contributed by atoms with Gasteiger partial charge >= 0.3 is 0 Å². The molecule has 0 fully saturated rings. The number of hydrogen-bond acceptors (Lipinski definition) is 5. The van der Waals surface area contributed by atoms with Gasteiger partial charge in [0, 0.05) is 37.6 Å². The molecule has 0 radical (unpaired) electrons. The Morgan fingerprint density at radius 3 is 2.55 bits per heavy atom. The van der Waals surface area contributed by atoms with Gasteiger partial charge in [0.25, 0.3) is 5.69 Å². The average Bonchev–Trinajstić information content (AvgIpc) is 2.41. The van der Waals surface area contributed by atoms with Crippen LogP contribution in [0.3, 0.4) is 0 Å². The van der Waals surface area contributed by atoms with Crippen LogP contribution >= 0.6 is 0 Å². The van der Waals surface area contributed by atoms with Gasteiger partial charge in [0.15, 0.2) is 0 Å². The topological polar surface area (TPSA) is 84.4 Å². The molecule has 0 heterocycles. The van der Waals surface area contributed by atoms with Gasteiger partial charge in [0.2, 0.25) is 0 Å². The number of hydrogen-bond donors (Lipinski definition) is 2. The highest BCUT2D eigenvalue weighted by Crippen LogP contribution is 2.28. The van der Waals surface area contributed by atoms with Crippen LogP contribution in [0.2, 0.25) is 0 Å². The summed E-state index contributed by atoms with van der Waals surface area (Å²) in [7, 11) is 3.92. The molecule has 0 aromatic heterocycles. The third kappa shape index (κ3) is 2.97. The zero-order chi connectivity index (χ0) is 14.7. The number of anilines is 4. The first-order valence-electron chi connectivity index (χ1n) is 6.05. The van der Waals surface area contributed by atoms with Crippen molar-refractivity contribution in [1.29, 1.82) is 0 Å². The summed E-state index contributed by atoms with van der Waals surface area (Å²) in [6.07, 6.45) is 0. The van der Waals surface area contributed by atoms with Crippen LogP contribution in [0, 0.1) is 10.1 Å². The molecular formula is C14H16N4O2. The minimum absolute atomic E-state index is 0.0184. The Labute approximate surface area is 117 Å². The summed E-state index contributed by atoms with van der Waals surface area (Å²) in [5, 5.41) is 13.8. The first-order chi connectivity index (χ1) is 9.47. The molecule has 0 spiro atoms. The Morgan fingerprint density at radius 2 is 1.95 bits per heavy atom. The molecule has 3 N–H and O–H groups in total. The number of nitro benzene ring substituents is 1. The van der Waals surface area contributed by atoms with Crippen LogP contribution in [0.5, 0.6) is 0 Å². The molecule has 0 bridgehead atoms. The third-order valence-electron chi connectivity index (χ3n) is 2.89. The number of nitrogen functional groups attached to an aromatic ring is 1. The van der Waals surface area contributed by atoms with Gasteiger partial charge in [-0.3, -0.25) is 10.1 Å². The van der Waals surface area contributed by atoms with E-state index in [9.17, 15) is 10.1 Å². The molecule has 2 rings (SSSR count). The summed E-state index contributed by atoms with van der Waals surface area (Å²) in [6, 6.07) is 12.2. The van der Waals surface area contributed by atoms with Crippen molar-refractivity contribution in [2.45, 2.75) is 0 Å². The highest BCUT2D eigenvalue weighted by molar-refractivity contribution is 5.75. The van der Waals surface area contributed by atoms with Crippen LogP contribution in [-0.2, 0) is 0 Å². The number of nitrogens with two attached hydrogens (primary N) is 1.